The Kier molecular flexibility index (Phi) is 3.02. The number of sulfone groups is 1. The van der Waals surface area contributed by atoms with Crippen LogP contribution in [0.2, 0.25) is 0 Å². The van der Waals surface area contributed by atoms with Gasteiger partial charge in [-0.25, -0.2) is 8.42 Å². The van der Waals surface area contributed by atoms with Crippen molar-refractivity contribution < 1.29 is 13.2 Å². The van der Waals surface area contributed by atoms with Crippen LogP contribution in [0.15, 0.2) is 24.4 Å². The maximum Gasteiger partial charge on any atom is 0.182 e. The zero-order valence-electron chi connectivity index (χ0n) is 10.5. The second kappa shape index (κ2) is 4.24. The maximum absolute atomic E-state index is 12.2. The highest BCUT2D eigenvalue weighted by Gasteiger charge is 2.26. The van der Waals surface area contributed by atoms with Crippen molar-refractivity contribution in [3.05, 3.63) is 35.5 Å². The molecule has 0 bridgehead atoms. The molecule has 2 aromatic rings. The number of rotatable bonds is 3. The molecule has 0 radical (unpaired) electrons. The molecule has 5 heteroatoms. The van der Waals surface area contributed by atoms with Crippen molar-refractivity contribution in [2.45, 2.75) is 19.1 Å². The van der Waals surface area contributed by atoms with Crippen LogP contribution in [0, 0.1) is 6.92 Å². The van der Waals surface area contributed by atoms with Crippen molar-refractivity contribution in [3.8, 4) is 0 Å². The standard InChI is InChI=1S/C13H15NO3S/c1-8-4-5-10-11(7-14-12(10)6-8)13(15)9(2)18(3,16)17/h4-7,9,14H,1-3H3. The number of aromatic amines is 1. The summed E-state index contributed by atoms with van der Waals surface area (Å²) in [4.78, 5) is 15.2. The van der Waals surface area contributed by atoms with Crippen LogP contribution >= 0.6 is 0 Å². The molecule has 0 aliphatic rings. The third-order valence-electron chi connectivity index (χ3n) is 3.11. The number of H-pyrrole nitrogens is 1. The monoisotopic (exact) mass is 265 g/mol. The third kappa shape index (κ3) is 2.18. The van der Waals surface area contributed by atoms with Gasteiger partial charge in [0.2, 0.25) is 0 Å². The Labute approximate surface area is 106 Å². The third-order valence-corrected chi connectivity index (χ3v) is 4.61. The highest BCUT2D eigenvalue weighted by Crippen LogP contribution is 2.22. The Morgan fingerprint density at radius 2 is 2.00 bits per heavy atom. The van der Waals surface area contributed by atoms with Gasteiger partial charge in [-0.05, 0) is 25.5 Å². The van der Waals surface area contributed by atoms with E-state index in [9.17, 15) is 13.2 Å². The fourth-order valence-electron chi connectivity index (χ4n) is 1.86. The molecular formula is C13H15NO3S. The minimum Gasteiger partial charge on any atom is -0.360 e. The van der Waals surface area contributed by atoms with Gasteiger partial charge in [0.15, 0.2) is 15.6 Å². The van der Waals surface area contributed by atoms with Gasteiger partial charge in [0.25, 0.3) is 0 Å². The van der Waals surface area contributed by atoms with Crippen molar-refractivity contribution in [3.63, 3.8) is 0 Å². The average Bonchev–Trinajstić information content (AvgIpc) is 2.68. The molecule has 0 aliphatic heterocycles. The van der Waals surface area contributed by atoms with E-state index in [2.05, 4.69) is 4.98 Å². The Morgan fingerprint density at radius 3 is 2.61 bits per heavy atom. The summed E-state index contributed by atoms with van der Waals surface area (Å²) in [6, 6.07) is 5.67. The summed E-state index contributed by atoms with van der Waals surface area (Å²) in [6.45, 7) is 3.38. The van der Waals surface area contributed by atoms with E-state index in [-0.39, 0.29) is 5.78 Å². The Morgan fingerprint density at radius 1 is 1.33 bits per heavy atom. The molecule has 4 nitrogen and oxygen atoms in total. The second-order valence-electron chi connectivity index (χ2n) is 4.59. The van der Waals surface area contributed by atoms with E-state index in [1.54, 1.807) is 6.20 Å². The Balaban J connectivity index is 2.53. The van der Waals surface area contributed by atoms with Crippen LogP contribution < -0.4 is 0 Å². The second-order valence-corrected chi connectivity index (χ2v) is 6.95. The van der Waals surface area contributed by atoms with Gasteiger partial charge in [-0.3, -0.25) is 4.79 Å². The van der Waals surface area contributed by atoms with Gasteiger partial charge in [0, 0.05) is 28.9 Å². The number of Topliss-reactive ketones (excluding diaryl/α,β-unsaturated/α-hetero) is 1. The first-order valence-electron chi connectivity index (χ1n) is 5.61. The molecule has 1 atom stereocenters. The summed E-state index contributed by atoms with van der Waals surface area (Å²) in [5.74, 6) is -0.368. The first-order chi connectivity index (χ1) is 8.30. The van der Waals surface area contributed by atoms with Crippen molar-refractivity contribution in [1.82, 2.24) is 4.98 Å². The van der Waals surface area contributed by atoms with Gasteiger partial charge in [-0.1, -0.05) is 12.1 Å². The average molecular weight is 265 g/mol. The predicted octanol–water partition coefficient (Wildman–Crippen LogP) is 2.09. The predicted molar refractivity (Wildman–Crippen MR) is 71.7 cm³/mol. The molecule has 0 saturated carbocycles. The molecule has 96 valence electrons. The molecule has 1 aromatic carbocycles. The molecule has 1 heterocycles. The number of carbonyl (C=O) groups is 1. The number of ketones is 1. The number of hydrogen-bond acceptors (Lipinski definition) is 3. The van der Waals surface area contributed by atoms with E-state index in [1.165, 1.54) is 6.92 Å². The van der Waals surface area contributed by atoms with Gasteiger partial charge in [-0.15, -0.1) is 0 Å². The lowest BCUT2D eigenvalue weighted by Crippen LogP contribution is -2.26. The van der Waals surface area contributed by atoms with Crippen molar-refractivity contribution in [2.24, 2.45) is 0 Å². The number of carbonyl (C=O) groups excluding carboxylic acids is 1. The van der Waals surface area contributed by atoms with E-state index < -0.39 is 15.1 Å². The van der Waals surface area contributed by atoms with Gasteiger partial charge in [0.05, 0.1) is 0 Å². The first-order valence-corrected chi connectivity index (χ1v) is 7.57. The van der Waals surface area contributed by atoms with Crippen LogP contribution in [-0.4, -0.2) is 30.7 Å². The van der Waals surface area contributed by atoms with E-state index in [0.29, 0.717) is 5.56 Å². The molecule has 0 saturated heterocycles. The maximum atomic E-state index is 12.2. The number of nitrogens with one attached hydrogen (secondary N) is 1. The number of fused-ring (bicyclic) bond motifs is 1. The highest BCUT2D eigenvalue weighted by molar-refractivity contribution is 7.92. The molecule has 0 aliphatic carbocycles. The van der Waals surface area contributed by atoms with E-state index >= 15 is 0 Å². The van der Waals surface area contributed by atoms with Crippen LogP contribution in [0.4, 0.5) is 0 Å². The highest BCUT2D eigenvalue weighted by atomic mass is 32.2. The SMILES string of the molecule is Cc1ccc2c(C(=O)C(C)S(C)(=O)=O)c[nH]c2c1. The smallest absolute Gasteiger partial charge is 0.182 e. The molecule has 0 amide bonds. The molecule has 1 N–H and O–H groups in total. The summed E-state index contributed by atoms with van der Waals surface area (Å²) in [7, 11) is -3.37. The quantitative estimate of drug-likeness (QED) is 0.864. The van der Waals surface area contributed by atoms with Crippen LogP contribution in [0.5, 0.6) is 0 Å². The van der Waals surface area contributed by atoms with Crippen molar-refractivity contribution in [1.29, 1.82) is 0 Å². The normalized spacial score (nSPS) is 13.7. The van der Waals surface area contributed by atoms with Gasteiger partial charge >= 0.3 is 0 Å². The van der Waals surface area contributed by atoms with Crippen LogP contribution in [0.3, 0.4) is 0 Å². The zero-order valence-corrected chi connectivity index (χ0v) is 11.3. The molecule has 0 spiro atoms. The van der Waals surface area contributed by atoms with Gasteiger partial charge < -0.3 is 4.98 Å². The number of aromatic nitrogens is 1. The summed E-state index contributed by atoms with van der Waals surface area (Å²) < 4.78 is 22.9. The summed E-state index contributed by atoms with van der Waals surface area (Å²) in [5.41, 5.74) is 2.36. The van der Waals surface area contributed by atoms with Crippen molar-refractivity contribution >= 4 is 26.5 Å². The molecule has 1 aromatic heterocycles. The fraction of sp³-hybridized carbons (Fsp3) is 0.308. The van der Waals surface area contributed by atoms with Gasteiger partial charge in [-0.2, -0.15) is 0 Å². The van der Waals surface area contributed by atoms with Gasteiger partial charge in [0.1, 0.15) is 5.25 Å². The topological polar surface area (TPSA) is 67.0 Å². The van der Waals surface area contributed by atoms with Crippen LogP contribution in [0.1, 0.15) is 22.8 Å². The number of hydrogen-bond donors (Lipinski definition) is 1. The molecule has 18 heavy (non-hydrogen) atoms. The number of benzene rings is 1. The summed E-state index contributed by atoms with van der Waals surface area (Å²) >= 11 is 0. The van der Waals surface area contributed by atoms with Crippen molar-refractivity contribution in [2.75, 3.05) is 6.26 Å². The van der Waals surface area contributed by atoms with Crippen LogP contribution in [0.25, 0.3) is 10.9 Å². The fourth-order valence-corrected chi connectivity index (χ4v) is 2.37. The summed E-state index contributed by atoms with van der Waals surface area (Å²) in [6.07, 6.45) is 2.66. The lowest BCUT2D eigenvalue weighted by atomic mass is 10.1. The van der Waals surface area contributed by atoms with E-state index in [0.717, 1.165) is 22.7 Å². The molecule has 0 fully saturated rings. The van der Waals surface area contributed by atoms with Crippen LogP contribution in [-0.2, 0) is 9.84 Å². The summed E-state index contributed by atoms with van der Waals surface area (Å²) in [5, 5.41) is -0.251. The molecular weight excluding hydrogens is 250 g/mol. The first kappa shape index (κ1) is 12.8. The largest absolute Gasteiger partial charge is 0.360 e. The lowest BCUT2D eigenvalue weighted by Gasteiger charge is -2.07. The minimum atomic E-state index is -3.37. The molecule has 2 rings (SSSR count). The minimum absolute atomic E-state index is 0.368. The molecule has 1 unspecified atom stereocenters. The van der Waals surface area contributed by atoms with E-state index in [1.807, 2.05) is 25.1 Å². The lowest BCUT2D eigenvalue weighted by molar-refractivity contribution is 0.0993. The Bertz CT molecular complexity index is 713. The zero-order chi connectivity index (χ0) is 13.5. The van der Waals surface area contributed by atoms with E-state index in [4.69, 9.17) is 0 Å². The Hall–Kier alpha value is -1.62. The number of aryl methyl sites for hydroxylation is 1.